The number of aromatic nitrogens is 1. The van der Waals surface area contributed by atoms with Crippen LogP contribution in [0.15, 0.2) is 47.6 Å². The molecule has 0 saturated heterocycles. The van der Waals surface area contributed by atoms with Crippen molar-refractivity contribution >= 4 is 40.5 Å². The lowest BCUT2D eigenvalue weighted by Gasteiger charge is -2.14. The summed E-state index contributed by atoms with van der Waals surface area (Å²) < 4.78 is 158. The summed E-state index contributed by atoms with van der Waals surface area (Å²) in [6.07, 6.45) is -20.3. The zero-order valence-electron chi connectivity index (χ0n) is 21.6. The molecule has 21 heteroatoms. The second-order valence-corrected chi connectivity index (χ2v) is 9.58. The standard InChI is InChI=1S/C24H13F12N5O3S/c1-41(19(44)39-17(42)11-3-2-4-12(7-11)21(25,26)27)20-38-16(24(34,35)36)15(45-20)18(43)40-37-9-10-5-13(22(28,29)30)8-14(6-10)23(31,32)33/h2-9H,1H3,(H,40,43)(H,39,42,44)/b37-9+. The predicted molar refractivity (Wildman–Crippen MR) is 131 cm³/mol. The molecule has 45 heavy (non-hydrogen) atoms. The monoisotopic (exact) mass is 679 g/mol. The first kappa shape index (κ1) is 34.8. The third-order valence-electron chi connectivity index (χ3n) is 5.34. The fourth-order valence-electron chi connectivity index (χ4n) is 3.24. The number of thiazole rings is 1. The zero-order chi connectivity index (χ0) is 34.1. The Morgan fingerprint density at radius 1 is 0.778 bits per heavy atom. The number of urea groups is 1. The molecule has 0 aliphatic heterocycles. The Balaban J connectivity index is 1.83. The molecule has 1 aromatic heterocycles. The van der Waals surface area contributed by atoms with Gasteiger partial charge in [-0.1, -0.05) is 17.4 Å². The number of benzene rings is 2. The number of carbonyl (C=O) groups is 3. The van der Waals surface area contributed by atoms with Crippen LogP contribution in [0.5, 0.6) is 0 Å². The topological polar surface area (TPSA) is 104 Å². The SMILES string of the molecule is CN(C(=O)NC(=O)c1cccc(C(F)(F)F)c1)c1nc(C(F)(F)F)c(C(=O)N/N=C/c2cc(C(F)(F)F)cc(C(F)(F)F)c2)s1. The zero-order valence-corrected chi connectivity index (χ0v) is 22.4. The molecule has 0 unspecified atom stereocenters. The number of nitrogens with zero attached hydrogens (tertiary/aromatic N) is 3. The van der Waals surface area contributed by atoms with Crippen LogP contribution in [-0.4, -0.2) is 36.1 Å². The van der Waals surface area contributed by atoms with Crippen LogP contribution >= 0.6 is 11.3 Å². The van der Waals surface area contributed by atoms with Crippen molar-refractivity contribution in [1.29, 1.82) is 0 Å². The van der Waals surface area contributed by atoms with Gasteiger partial charge in [0.2, 0.25) is 0 Å². The van der Waals surface area contributed by atoms with Gasteiger partial charge in [0, 0.05) is 12.6 Å². The van der Waals surface area contributed by atoms with Crippen molar-refractivity contribution in [2.75, 3.05) is 11.9 Å². The van der Waals surface area contributed by atoms with Gasteiger partial charge in [0.15, 0.2) is 10.8 Å². The van der Waals surface area contributed by atoms with E-state index in [4.69, 9.17) is 0 Å². The summed E-state index contributed by atoms with van der Waals surface area (Å²) in [4.78, 5) is 39.3. The van der Waals surface area contributed by atoms with Crippen LogP contribution in [0.4, 0.5) is 62.6 Å². The van der Waals surface area contributed by atoms with Gasteiger partial charge in [0.05, 0.1) is 22.9 Å². The maximum atomic E-state index is 13.6. The van der Waals surface area contributed by atoms with E-state index in [9.17, 15) is 67.1 Å². The molecule has 0 radical (unpaired) electrons. The summed E-state index contributed by atoms with van der Waals surface area (Å²) in [5.74, 6) is -3.07. The second kappa shape index (κ2) is 12.4. The summed E-state index contributed by atoms with van der Waals surface area (Å²) in [5.41, 5.74) is -6.56. The van der Waals surface area contributed by atoms with E-state index in [1.54, 1.807) is 5.32 Å². The second-order valence-electron chi connectivity index (χ2n) is 8.61. The Labute approximate surface area is 246 Å². The molecule has 3 rings (SSSR count). The molecule has 0 aliphatic carbocycles. The lowest BCUT2D eigenvalue weighted by molar-refractivity contribution is -0.143. The van der Waals surface area contributed by atoms with Crippen LogP contribution in [-0.2, 0) is 24.7 Å². The number of amides is 4. The van der Waals surface area contributed by atoms with Crippen molar-refractivity contribution in [3.05, 3.63) is 80.9 Å². The number of nitrogens with one attached hydrogen (secondary N) is 2. The van der Waals surface area contributed by atoms with Crippen molar-refractivity contribution in [3.63, 3.8) is 0 Å². The van der Waals surface area contributed by atoms with Crippen LogP contribution < -0.4 is 15.6 Å². The summed E-state index contributed by atoms with van der Waals surface area (Å²) in [6, 6.07) is 1.60. The molecule has 0 spiro atoms. The molecule has 242 valence electrons. The molecule has 8 nitrogen and oxygen atoms in total. The average molecular weight is 679 g/mol. The molecule has 0 aliphatic rings. The van der Waals surface area contributed by atoms with Crippen molar-refractivity contribution < 1.29 is 67.1 Å². The molecule has 2 aromatic carbocycles. The summed E-state index contributed by atoms with van der Waals surface area (Å²) in [5, 5.41) is 3.88. The Hall–Kier alpha value is -4.69. The molecule has 4 amide bonds. The van der Waals surface area contributed by atoms with Crippen LogP contribution in [0.25, 0.3) is 0 Å². The number of carbonyl (C=O) groups excluding carboxylic acids is 3. The fraction of sp³-hybridized carbons (Fsp3) is 0.208. The number of anilines is 1. The number of hydrogen-bond donors (Lipinski definition) is 2. The first-order valence-corrected chi connectivity index (χ1v) is 12.3. The molecule has 0 atom stereocenters. The van der Waals surface area contributed by atoms with Gasteiger partial charge in [0.1, 0.15) is 4.88 Å². The van der Waals surface area contributed by atoms with Gasteiger partial charge >= 0.3 is 30.7 Å². The Morgan fingerprint density at radius 2 is 1.33 bits per heavy atom. The highest BCUT2D eigenvalue weighted by molar-refractivity contribution is 7.17. The minimum atomic E-state index is -5.35. The van der Waals surface area contributed by atoms with E-state index in [-0.39, 0.29) is 29.5 Å². The van der Waals surface area contributed by atoms with Crippen LogP contribution in [0.1, 0.15) is 48.0 Å². The summed E-state index contributed by atoms with van der Waals surface area (Å²) in [6.45, 7) is 0. The van der Waals surface area contributed by atoms with E-state index >= 15 is 0 Å². The molecule has 0 bridgehead atoms. The van der Waals surface area contributed by atoms with Crippen LogP contribution in [0.2, 0.25) is 0 Å². The van der Waals surface area contributed by atoms with Gasteiger partial charge in [-0.05, 0) is 42.0 Å². The number of hydrazone groups is 1. The number of alkyl halides is 12. The predicted octanol–water partition coefficient (Wildman–Crippen LogP) is 6.97. The van der Waals surface area contributed by atoms with Gasteiger partial charge in [-0.3, -0.25) is 19.8 Å². The van der Waals surface area contributed by atoms with Gasteiger partial charge < -0.3 is 0 Å². The third kappa shape index (κ3) is 8.70. The maximum Gasteiger partial charge on any atom is 0.435 e. The number of halogens is 12. The van der Waals surface area contributed by atoms with E-state index < -0.39 is 86.1 Å². The maximum absolute atomic E-state index is 13.6. The van der Waals surface area contributed by atoms with Gasteiger partial charge in [-0.15, -0.1) is 0 Å². The number of imide groups is 1. The van der Waals surface area contributed by atoms with Gasteiger partial charge in [0.25, 0.3) is 11.8 Å². The third-order valence-corrected chi connectivity index (χ3v) is 6.48. The van der Waals surface area contributed by atoms with Crippen molar-refractivity contribution in [1.82, 2.24) is 15.7 Å². The molecule has 2 N–H and O–H groups in total. The first-order chi connectivity index (χ1) is 20.5. The smallest absolute Gasteiger partial charge is 0.273 e. The minimum Gasteiger partial charge on any atom is -0.273 e. The highest BCUT2D eigenvalue weighted by Gasteiger charge is 2.41. The molecular weight excluding hydrogens is 666 g/mol. The summed E-state index contributed by atoms with van der Waals surface area (Å²) >= 11 is -0.0920. The van der Waals surface area contributed by atoms with E-state index in [0.717, 1.165) is 19.2 Å². The van der Waals surface area contributed by atoms with E-state index in [0.29, 0.717) is 23.2 Å². The van der Waals surface area contributed by atoms with Gasteiger partial charge in [-0.25, -0.2) is 15.2 Å². The van der Waals surface area contributed by atoms with E-state index in [2.05, 4.69) is 10.1 Å². The lowest BCUT2D eigenvalue weighted by atomic mass is 10.1. The normalized spacial score (nSPS) is 12.7. The number of rotatable bonds is 5. The Morgan fingerprint density at radius 3 is 1.84 bits per heavy atom. The van der Waals surface area contributed by atoms with Crippen molar-refractivity contribution in [2.45, 2.75) is 24.7 Å². The molecule has 1 heterocycles. The van der Waals surface area contributed by atoms with E-state index in [1.807, 2.05) is 0 Å². The van der Waals surface area contributed by atoms with Crippen LogP contribution in [0, 0.1) is 0 Å². The fourth-order valence-corrected chi connectivity index (χ4v) is 4.18. The van der Waals surface area contributed by atoms with Crippen LogP contribution in [0.3, 0.4) is 0 Å². The Bertz CT molecular complexity index is 1610. The van der Waals surface area contributed by atoms with E-state index in [1.165, 1.54) is 5.43 Å². The molecule has 0 saturated carbocycles. The highest BCUT2D eigenvalue weighted by Crippen LogP contribution is 2.38. The Kier molecular flexibility index (Phi) is 9.56. The molecule has 3 aromatic rings. The molecule has 0 fully saturated rings. The van der Waals surface area contributed by atoms with Crippen molar-refractivity contribution in [3.8, 4) is 0 Å². The first-order valence-electron chi connectivity index (χ1n) is 11.5. The summed E-state index contributed by atoms with van der Waals surface area (Å²) in [7, 11) is 0.791. The van der Waals surface area contributed by atoms with Crippen molar-refractivity contribution in [2.24, 2.45) is 5.10 Å². The molecular formula is C24H13F12N5O3S. The quantitative estimate of drug-likeness (QED) is 0.173. The average Bonchev–Trinajstić information content (AvgIpc) is 3.37. The van der Waals surface area contributed by atoms with Gasteiger partial charge in [-0.2, -0.15) is 57.8 Å². The highest BCUT2D eigenvalue weighted by atomic mass is 32.1. The largest absolute Gasteiger partial charge is 0.435 e. The lowest BCUT2D eigenvalue weighted by Crippen LogP contribution is -2.41. The minimum absolute atomic E-state index is 0.0920. The number of hydrogen-bond acceptors (Lipinski definition) is 6.